The second-order valence-electron chi connectivity index (χ2n) is 8.12. The van der Waals surface area contributed by atoms with Gasteiger partial charge in [-0.3, -0.25) is 14.6 Å². The molecular formula is C16H28N2O+2. The molecule has 1 spiro atoms. The molecule has 1 saturated carbocycles. The number of carbonyl (C=O) groups excluding carboxylic acids is 1. The third-order valence-corrected chi connectivity index (χ3v) is 6.88. The molecule has 19 heavy (non-hydrogen) atoms. The Balaban J connectivity index is 1.76. The maximum Gasteiger partial charge on any atom is 0.222 e. The minimum absolute atomic E-state index is 0.00975. The average Bonchev–Trinajstić information content (AvgIpc) is 2.82. The van der Waals surface area contributed by atoms with E-state index in [4.69, 9.17) is 0 Å². The SMILES string of the molecule is CCCC12C[NH+]3CC(C)(C[NH+](C1)C31CCCC1)C2=O. The summed E-state index contributed by atoms with van der Waals surface area (Å²) in [7, 11) is 0. The molecule has 0 aromatic heterocycles. The summed E-state index contributed by atoms with van der Waals surface area (Å²) >= 11 is 0. The summed E-state index contributed by atoms with van der Waals surface area (Å²) < 4.78 is 0. The Bertz CT molecular complexity index is 406. The van der Waals surface area contributed by atoms with Gasteiger partial charge in [0.05, 0.1) is 25.9 Å². The van der Waals surface area contributed by atoms with Crippen LogP contribution in [0.15, 0.2) is 0 Å². The van der Waals surface area contributed by atoms with Crippen LogP contribution in [0.2, 0.25) is 0 Å². The highest BCUT2D eigenvalue weighted by atomic mass is 16.1. The first-order valence-electron chi connectivity index (χ1n) is 8.30. The Morgan fingerprint density at radius 1 is 1.05 bits per heavy atom. The number of rotatable bonds is 2. The molecule has 4 bridgehead atoms. The molecule has 4 aliphatic heterocycles. The molecule has 0 aromatic carbocycles. The van der Waals surface area contributed by atoms with Crippen molar-refractivity contribution in [1.29, 1.82) is 0 Å². The lowest BCUT2D eigenvalue weighted by molar-refractivity contribution is -1.20. The number of carbonyl (C=O) groups is 1. The molecule has 1 aliphatic carbocycles. The van der Waals surface area contributed by atoms with Crippen molar-refractivity contribution in [2.24, 2.45) is 10.8 Å². The lowest BCUT2D eigenvalue weighted by Gasteiger charge is -2.64. The van der Waals surface area contributed by atoms with Crippen molar-refractivity contribution >= 4 is 5.78 Å². The normalized spacial score (nSPS) is 50.3. The molecule has 0 amide bonds. The molecule has 4 saturated heterocycles. The Morgan fingerprint density at radius 2 is 1.63 bits per heavy atom. The average molecular weight is 264 g/mol. The van der Waals surface area contributed by atoms with Crippen molar-refractivity contribution in [3.05, 3.63) is 0 Å². The molecule has 5 aliphatic rings. The third kappa shape index (κ3) is 1.33. The lowest BCUT2D eigenvalue weighted by atomic mass is 9.58. The molecule has 2 N–H and O–H groups in total. The highest BCUT2D eigenvalue weighted by molar-refractivity contribution is 5.91. The first-order chi connectivity index (χ1) is 9.05. The quantitative estimate of drug-likeness (QED) is 0.686. The number of nitrogens with one attached hydrogen (secondary N) is 2. The van der Waals surface area contributed by atoms with Gasteiger partial charge in [0, 0.05) is 0 Å². The van der Waals surface area contributed by atoms with Gasteiger partial charge in [-0.15, -0.1) is 0 Å². The number of ketones is 1. The van der Waals surface area contributed by atoms with Crippen LogP contribution in [0, 0.1) is 10.8 Å². The van der Waals surface area contributed by atoms with E-state index in [2.05, 4.69) is 13.8 Å². The van der Waals surface area contributed by atoms with E-state index in [-0.39, 0.29) is 10.8 Å². The zero-order valence-corrected chi connectivity index (χ0v) is 12.5. The van der Waals surface area contributed by atoms with Crippen LogP contribution in [-0.4, -0.2) is 37.6 Å². The van der Waals surface area contributed by atoms with E-state index in [1.807, 2.05) is 0 Å². The van der Waals surface area contributed by atoms with E-state index in [0.717, 1.165) is 39.0 Å². The van der Waals surface area contributed by atoms with Gasteiger partial charge in [-0.2, -0.15) is 0 Å². The zero-order valence-electron chi connectivity index (χ0n) is 12.5. The van der Waals surface area contributed by atoms with Gasteiger partial charge in [-0.25, -0.2) is 0 Å². The van der Waals surface area contributed by atoms with Crippen molar-refractivity contribution in [3.63, 3.8) is 0 Å². The van der Waals surface area contributed by atoms with Gasteiger partial charge in [0.1, 0.15) is 23.9 Å². The predicted molar refractivity (Wildman–Crippen MR) is 73.0 cm³/mol. The standard InChI is InChI=1S/C16H26N2O/c1-3-6-15-11-17-9-14(2,13(15)19)10-18(12-15)16(17)7-4-5-8-16/h3-12H2,1-2H3/p+2. The number of hydrogen-bond acceptors (Lipinski definition) is 1. The first kappa shape index (κ1) is 12.3. The van der Waals surface area contributed by atoms with E-state index < -0.39 is 0 Å². The summed E-state index contributed by atoms with van der Waals surface area (Å²) in [4.78, 5) is 16.6. The van der Waals surface area contributed by atoms with Crippen LogP contribution >= 0.6 is 0 Å². The number of piperidine rings is 2. The van der Waals surface area contributed by atoms with Crippen molar-refractivity contribution < 1.29 is 14.6 Å². The fraction of sp³-hybridized carbons (Fsp3) is 0.938. The molecule has 4 heterocycles. The molecular weight excluding hydrogens is 236 g/mol. The Labute approximate surface area is 116 Å². The van der Waals surface area contributed by atoms with E-state index >= 15 is 0 Å². The van der Waals surface area contributed by atoms with E-state index in [0.29, 0.717) is 11.4 Å². The van der Waals surface area contributed by atoms with Crippen LogP contribution in [0.1, 0.15) is 52.4 Å². The van der Waals surface area contributed by atoms with E-state index in [1.165, 1.54) is 25.7 Å². The molecule has 106 valence electrons. The van der Waals surface area contributed by atoms with Crippen LogP contribution in [-0.2, 0) is 4.79 Å². The second-order valence-corrected chi connectivity index (χ2v) is 8.12. The minimum Gasteiger partial charge on any atom is -0.297 e. The fourth-order valence-electron chi connectivity index (χ4n) is 6.35. The minimum atomic E-state index is -0.00975. The van der Waals surface area contributed by atoms with Crippen LogP contribution in [0.25, 0.3) is 0 Å². The summed E-state index contributed by atoms with van der Waals surface area (Å²) in [5, 5.41) is 0. The number of hydrogen-bond donors (Lipinski definition) is 2. The Morgan fingerprint density at radius 3 is 2.16 bits per heavy atom. The molecule has 2 atom stereocenters. The van der Waals surface area contributed by atoms with Gasteiger partial charge in [0.15, 0.2) is 5.78 Å². The smallest absolute Gasteiger partial charge is 0.222 e. The van der Waals surface area contributed by atoms with Gasteiger partial charge in [0.2, 0.25) is 5.66 Å². The number of Topliss-reactive ketones (excluding diaryl/α,β-unsaturated/α-hetero) is 1. The maximum absolute atomic E-state index is 13.0. The fourth-order valence-corrected chi connectivity index (χ4v) is 6.35. The van der Waals surface area contributed by atoms with Gasteiger partial charge in [-0.05, 0) is 26.2 Å². The first-order valence-corrected chi connectivity index (χ1v) is 8.30. The highest BCUT2D eigenvalue weighted by Gasteiger charge is 2.74. The van der Waals surface area contributed by atoms with E-state index in [1.54, 1.807) is 9.80 Å². The molecule has 2 unspecified atom stereocenters. The summed E-state index contributed by atoms with van der Waals surface area (Å²) in [5.41, 5.74) is 0.542. The molecule has 0 radical (unpaired) electrons. The topological polar surface area (TPSA) is 26.0 Å². The van der Waals surface area contributed by atoms with Crippen molar-refractivity contribution in [3.8, 4) is 0 Å². The van der Waals surface area contributed by atoms with E-state index in [9.17, 15) is 4.79 Å². The van der Waals surface area contributed by atoms with Crippen LogP contribution in [0.3, 0.4) is 0 Å². The molecule has 5 fully saturated rings. The van der Waals surface area contributed by atoms with Gasteiger partial charge in [-0.1, -0.05) is 13.3 Å². The van der Waals surface area contributed by atoms with Crippen molar-refractivity contribution in [2.45, 2.75) is 58.0 Å². The summed E-state index contributed by atoms with van der Waals surface area (Å²) in [5.74, 6) is 0.627. The lowest BCUT2D eigenvalue weighted by Crippen LogP contribution is -3.49. The summed E-state index contributed by atoms with van der Waals surface area (Å²) in [6.45, 7) is 9.06. The number of quaternary nitrogens is 2. The zero-order chi connectivity index (χ0) is 13.3. The highest BCUT2D eigenvalue weighted by Crippen LogP contribution is 2.41. The molecule has 3 heteroatoms. The Kier molecular flexibility index (Phi) is 2.35. The van der Waals surface area contributed by atoms with Crippen molar-refractivity contribution in [2.75, 3.05) is 26.2 Å². The molecule has 3 nitrogen and oxygen atoms in total. The molecule has 0 aromatic rings. The Hall–Kier alpha value is -0.410. The van der Waals surface area contributed by atoms with Crippen LogP contribution in [0.4, 0.5) is 0 Å². The van der Waals surface area contributed by atoms with Crippen molar-refractivity contribution in [1.82, 2.24) is 0 Å². The van der Waals surface area contributed by atoms with Gasteiger partial charge in [0.25, 0.3) is 0 Å². The largest absolute Gasteiger partial charge is 0.297 e. The van der Waals surface area contributed by atoms with Crippen LogP contribution in [0.5, 0.6) is 0 Å². The summed E-state index contributed by atoms with van der Waals surface area (Å²) in [6, 6.07) is 0. The van der Waals surface area contributed by atoms with Gasteiger partial charge >= 0.3 is 0 Å². The van der Waals surface area contributed by atoms with Gasteiger partial charge < -0.3 is 0 Å². The molecule has 5 rings (SSSR count). The summed E-state index contributed by atoms with van der Waals surface area (Å²) in [6.07, 6.45) is 7.94. The van der Waals surface area contributed by atoms with Crippen LogP contribution < -0.4 is 9.80 Å². The monoisotopic (exact) mass is 264 g/mol. The predicted octanol–water partition coefficient (Wildman–Crippen LogP) is -0.571. The maximum atomic E-state index is 13.0. The second kappa shape index (κ2) is 3.62. The third-order valence-electron chi connectivity index (χ3n) is 6.88.